The molecule has 0 fully saturated rings. The van der Waals surface area contributed by atoms with Crippen molar-refractivity contribution in [3.63, 3.8) is 0 Å². The van der Waals surface area contributed by atoms with Crippen molar-refractivity contribution in [2.45, 2.75) is 19.8 Å². The molecule has 0 amide bonds. The van der Waals surface area contributed by atoms with Gasteiger partial charge in [0.2, 0.25) is 0 Å². The van der Waals surface area contributed by atoms with Gasteiger partial charge in [-0.15, -0.1) is 0 Å². The zero-order valence-corrected chi connectivity index (χ0v) is 12.2. The highest BCUT2D eigenvalue weighted by molar-refractivity contribution is 9.09. The molecule has 0 saturated heterocycles. The second-order valence-corrected chi connectivity index (χ2v) is 4.45. The Morgan fingerprint density at radius 2 is 2.11 bits per heavy atom. The van der Waals surface area contributed by atoms with Gasteiger partial charge in [-0.1, -0.05) is 28.1 Å². The average Bonchev–Trinajstić information content (AvgIpc) is 2.40. The predicted octanol–water partition coefficient (Wildman–Crippen LogP) is 2.17. The van der Waals surface area contributed by atoms with E-state index in [1.807, 2.05) is 6.07 Å². The van der Waals surface area contributed by atoms with Crippen LogP contribution in [0.4, 0.5) is 0 Å². The van der Waals surface area contributed by atoms with Gasteiger partial charge in [0.15, 0.2) is 0 Å². The van der Waals surface area contributed by atoms with E-state index in [1.54, 1.807) is 25.1 Å². The van der Waals surface area contributed by atoms with Gasteiger partial charge in [0.05, 0.1) is 30.0 Å². The molecule has 19 heavy (non-hydrogen) atoms. The van der Waals surface area contributed by atoms with Crippen LogP contribution in [0.2, 0.25) is 0 Å². The molecule has 0 bridgehead atoms. The molecular formula is C14H14BrNO3. The molecule has 1 aromatic carbocycles. The van der Waals surface area contributed by atoms with Gasteiger partial charge in [0.25, 0.3) is 0 Å². The Kier molecular flexibility index (Phi) is 6.23. The highest BCUT2D eigenvalue weighted by Crippen LogP contribution is 2.17. The second kappa shape index (κ2) is 7.70. The molecule has 0 unspecified atom stereocenters. The topological polar surface area (TPSA) is 67.2 Å². The molecule has 0 saturated carbocycles. The third kappa shape index (κ3) is 4.49. The number of hydrogen-bond donors (Lipinski definition) is 0. The normalized spacial score (nSPS) is 9.74. The number of ether oxygens (including phenoxy) is 1. The first-order valence-electron chi connectivity index (χ1n) is 5.86. The fraction of sp³-hybridized carbons (Fsp3) is 0.357. The van der Waals surface area contributed by atoms with Crippen molar-refractivity contribution in [2.75, 3.05) is 11.9 Å². The number of carbonyl (C=O) groups excluding carboxylic acids is 2. The summed E-state index contributed by atoms with van der Waals surface area (Å²) in [7, 11) is 0. The van der Waals surface area contributed by atoms with Gasteiger partial charge in [0, 0.05) is 6.42 Å². The zero-order chi connectivity index (χ0) is 14.3. The summed E-state index contributed by atoms with van der Waals surface area (Å²) in [5.41, 5.74) is 1.70. The maximum atomic E-state index is 11.6. The van der Waals surface area contributed by atoms with Gasteiger partial charge in [0.1, 0.15) is 5.78 Å². The molecule has 0 atom stereocenters. The van der Waals surface area contributed by atoms with Crippen LogP contribution in [0.3, 0.4) is 0 Å². The van der Waals surface area contributed by atoms with Crippen LogP contribution in [0.15, 0.2) is 18.2 Å². The molecule has 1 aromatic rings. The molecule has 0 N–H and O–H groups in total. The standard InChI is InChI=1S/C14H14BrNO3/c1-2-19-14(18)7-13-10(6-12(17)8-15)4-3-5-11(13)9-16/h3-5H,2,6-8H2,1H3. The molecule has 4 nitrogen and oxygen atoms in total. The lowest BCUT2D eigenvalue weighted by Crippen LogP contribution is -2.13. The van der Waals surface area contributed by atoms with Crippen molar-refractivity contribution in [3.8, 4) is 6.07 Å². The predicted molar refractivity (Wildman–Crippen MR) is 74.0 cm³/mol. The van der Waals surface area contributed by atoms with Crippen molar-refractivity contribution in [1.29, 1.82) is 5.26 Å². The summed E-state index contributed by atoms with van der Waals surface area (Å²) < 4.78 is 4.89. The minimum absolute atomic E-state index is 0.000184. The fourth-order valence-corrected chi connectivity index (χ4v) is 1.93. The van der Waals surface area contributed by atoms with Crippen LogP contribution in [0, 0.1) is 11.3 Å². The highest BCUT2D eigenvalue weighted by atomic mass is 79.9. The van der Waals surface area contributed by atoms with Gasteiger partial charge in [-0.3, -0.25) is 9.59 Å². The van der Waals surface area contributed by atoms with E-state index >= 15 is 0 Å². The van der Waals surface area contributed by atoms with E-state index in [9.17, 15) is 9.59 Å². The molecule has 0 radical (unpaired) electrons. The van der Waals surface area contributed by atoms with E-state index in [1.165, 1.54) is 0 Å². The van der Waals surface area contributed by atoms with Crippen molar-refractivity contribution < 1.29 is 14.3 Å². The Balaban J connectivity index is 3.06. The fourth-order valence-electron chi connectivity index (χ4n) is 1.73. The zero-order valence-electron chi connectivity index (χ0n) is 10.6. The summed E-state index contributed by atoms with van der Waals surface area (Å²) in [4.78, 5) is 23.1. The van der Waals surface area contributed by atoms with E-state index in [0.717, 1.165) is 0 Å². The quantitative estimate of drug-likeness (QED) is 0.594. The molecule has 0 heterocycles. The molecule has 0 spiro atoms. The SMILES string of the molecule is CCOC(=O)Cc1c(C#N)cccc1CC(=O)CBr. The van der Waals surface area contributed by atoms with Crippen LogP contribution in [-0.2, 0) is 27.2 Å². The molecule has 100 valence electrons. The van der Waals surface area contributed by atoms with Gasteiger partial charge < -0.3 is 4.74 Å². The number of nitriles is 1. The lowest BCUT2D eigenvalue weighted by molar-refractivity contribution is -0.142. The van der Waals surface area contributed by atoms with E-state index in [4.69, 9.17) is 10.00 Å². The van der Waals surface area contributed by atoms with Crippen molar-refractivity contribution >= 4 is 27.7 Å². The number of carbonyl (C=O) groups is 2. The first-order chi connectivity index (χ1) is 9.12. The van der Waals surface area contributed by atoms with Crippen LogP contribution < -0.4 is 0 Å². The lowest BCUT2D eigenvalue weighted by Gasteiger charge is -2.10. The number of ketones is 1. The van der Waals surface area contributed by atoms with Crippen molar-refractivity contribution in [3.05, 3.63) is 34.9 Å². The van der Waals surface area contributed by atoms with Gasteiger partial charge in [-0.2, -0.15) is 5.26 Å². The summed E-state index contributed by atoms with van der Waals surface area (Å²) in [5.74, 6) is -0.391. The first-order valence-corrected chi connectivity index (χ1v) is 6.98. The number of rotatable bonds is 6. The lowest BCUT2D eigenvalue weighted by atomic mass is 9.96. The Labute approximate surface area is 120 Å². The van der Waals surface area contributed by atoms with E-state index in [-0.39, 0.29) is 24.0 Å². The van der Waals surface area contributed by atoms with Crippen LogP contribution in [0.5, 0.6) is 0 Å². The maximum absolute atomic E-state index is 11.6. The second-order valence-electron chi connectivity index (χ2n) is 3.89. The van der Waals surface area contributed by atoms with E-state index < -0.39 is 5.97 Å². The number of halogens is 1. The Morgan fingerprint density at radius 3 is 2.68 bits per heavy atom. The third-order valence-corrected chi connectivity index (χ3v) is 3.18. The maximum Gasteiger partial charge on any atom is 0.310 e. The van der Waals surface area contributed by atoms with Gasteiger partial charge in [-0.05, 0) is 24.1 Å². The Morgan fingerprint density at radius 1 is 1.37 bits per heavy atom. The van der Waals surface area contributed by atoms with Crippen molar-refractivity contribution in [2.24, 2.45) is 0 Å². The minimum atomic E-state index is -0.391. The number of benzene rings is 1. The highest BCUT2D eigenvalue weighted by Gasteiger charge is 2.15. The first kappa shape index (κ1) is 15.4. The average molecular weight is 324 g/mol. The largest absolute Gasteiger partial charge is 0.466 e. The van der Waals surface area contributed by atoms with Crippen LogP contribution in [0.25, 0.3) is 0 Å². The number of hydrogen-bond acceptors (Lipinski definition) is 4. The van der Waals surface area contributed by atoms with Gasteiger partial charge in [-0.25, -0.2) is 0 Å². The third-order valence-electron chi connectivity index (χ3n) is 2.56. The summed E-state index contributed by atoms with van der Waals surface area (Å²) in [6.07, 6.45) is 0.220. The van der Waals surface area contributed by atoms with Crippen LogP contribution in [-0.4, -0.2) is 23.7 Å². The smallest absolute Gasteiger partial charge is 0.310 e. The molecule has 1 rings (SSSR count). The Hall–Kier alpha value is -1.67. The summed E-state index contributed by atoms with van der Waals surface area (Å²) in [6.45, 7) is 2.02. The summed E-state index contributed by atoms with van der Waals surface area (Å²) in [6, 6.07) is 7.15. The molecule has 5 heteroatoms. The monoisotopic (exact) mass is 323 g/mol. The number of nitrogens with zero attached hydrogens (tertiary/aromatic N) is 1. The molecule has 0 aliphatic heterocycles. The molecular weight excluding hydrogens is 310 g/mol. The summed E-state index contributed by atoms with van der Waals surface area (Å²) >= 11 is 3.10. The van der Waals surface area contributed by atoms with Gasteiger partial charge >= 0.3 is 5.97 Å². The number of esters is 1. The Bertz CT molecular complexity index is 520. The number of Topliss-reactive ketones (excluding diaryl/α,β-unsaturated/α-hetero) is 1. The molecule has 0 aromatic heterocycles. The molecule has 0 aliphatic rings. The van der Waals surface area contributed by atoms with Crippen molar-refractivity contribution in [1.82, 2.24) is 0 Å². The molecule has 0 aliphatic carbocycles. The number of alkyl halides is 1. The minimum Gasteiger partial charge on any atom is -0.466 e. The van der Waals surface area contributed by atoms with E-state index in [2.05, 4.69) is 15.9 Å². The van der Waals surface area contributed by atoms with Crippen LogP contribution >= 0.6 is 15.9 Å². The van der Waals surface area contributed by atoms with Crippen LogP contribution in [0.1, 0.15) is 23.6 Å². The van der Waals surface area contributed by atoms with E-state index in [0.29, 0.717) is 23.3 Å². The summed E-state index contributed by atoms with van der Waals surface area (Å²) in [5, 5.41) is 9.33.